The van der Waals surface area contributed by atoms with Gasteiger partial charge < -0.3 is 4.57 Å². The minimum Gasteiger partial charge on any atom is -0.327 e. The highest BCUT2D eigenvalue weighted by molar-refractivity contribution is 6.20. The first-order valence-corrected chi connectivity index (χ1v) is 7.70. The van der Waals surface area contributed by atoms with Crippen molar-refractivity contribution >= 4 is 22.6 Å². The quantitative estimate of drug-likeness (QED) is 0.715. The second-order valence-corrected chi connectivity index (χ2v) is 6.42. The summed E-state index contributed by atoms with van der Waals surface area (Å²) in [5.74, 6) is 2.01. The molecule has 1 aliphatic carbocycles. The highest BCUT2D eigenvalue weighted by Crippen LogP contribution is 2.34. The molecule has 1 aliphatic rings. The molecule has 1 heterocycles. The van der Waals surface area contributed by atoms with E-state index in [1.807, 2.05) is 6.92 Å². The molecule has 1 fully saturated rings. The summed E-state index contributed by atoms with van der Waals surface area (Å²) in [6.07, 6.45) is 5.45. The number of hydrogen-bond acceptors (Lipinski definition) is 1. The minimum atomic E-state index is -0.0345. The van der Waals surface area contributed by atoms with Gasteiger partial charge in [0, 0.05) is 6.54 Å². The Labute approximate surface area is 119 Å². The fourth-order valence-electron chi connectivity index (χ4n) is 2.79. The largest absolute Gasteiger partial charge is 0.327 e. The summed E-state index contributed by atoms with van der Waals surface area (Å²) in [6.45, 7) is 5.17. The second-order valence-electron chi connectivity index (χ2n) is 5.77. The Hall–Kier alpha value is -1.02. The molecule has 102 valence electrons. The van der Waals surface area contributed by atoms with Crippen LogP contribution in [0.5, 0.6) is 0 Å². The molecule has 0 amide bonds. The number of para-hydroxylation sites is 1. The fourth-order valence-corrected chi connectivity index (χ4v) is 2.95. The van der Waals surface area contributed by atoms with Crippen molar-refractivity contribution in [3.63, 3.8) is 0 Å². The lowest BCUT2D eigenvalue weighted by Crippen LogP contribution is -2.05. The van der Waals surface area contributed by atoms with Crippen LogP contribution in [-0.2, 0) is 6.54 Å². The highest BCUT2D eigenvalue weighted by atomic mass is 35.5. The SMILES string of the molecule is Cc1cccc2c1nc(C(C)Cl)n2CCCC1CC1. The first kappa shape index (κ1) is 13.0. The lowest BCUT2D eigenvalue weighted by molar-refractivity contribution is 0.569. The topological polar surface area (TPSA) is 17.8 Å². The Morgan fingerprint density at radius 3 is 2.89 bits per heavy atom. The number of alkyl halides is 1. The third-order valence-electron chi connectivity index (χ3n) is 4.06. The predicted molar refractivity (Wildman–Crippen MR) is 80.7 cm³/mol. The van der Waals surface area contributed by atoms with Gasteiger partial charge in [0.15, 0.2) is 0 Å². The molecule has 0 radical (unpaired) electrons. The van der Waals surface area contributed by atoms with Crippen molar-refractivity contribution in [2.45, 2.75) is 51.5 Å². The lowest BCUT2D eigenvalue weighted by atomic mass is 10.2. The number of fused-ring (bicyclic) bond motifs is 1. The average Bonchev–Trinajstić information content (AvgIpc) is 3.11. The number of hydrogen-bond donors (Lipinski definition) is 0. The van der Waals surface area contributed by atoms with Crippen LogP contribution in [0.15, 0.2) is 18.2 Å². The van der Waals surface area contributed by atoms with Crippen molar-refractivity contribution in [2.24, 2.45) is 5.92 Å². The van der Waals surface area contributed by atoms with Crippen LogP contribution in [0.2, 0.25) is 0 Å². The maximum Gasteiger partial charge on any atom is 0.127 e. The Balaban J connectivity index is 1.93. The molecule has 0 N–H and O–H groups in total. The maximum atomic E-state index is 6.30. The van der Waals surface area contributed by atoms with Gasteiger partial charge in [-0.2, -0.15) is 0 Å². The van der Waals surface area contributed by atoms with Crippen LogP contribution in [-0.4, -0.2) is 9.55 Å². The molecule has 2 aromatic rings. The zero-order valence-corrected chi connectivity index (χ0v) is 12.5. The number of aryl methyl sites for hydroxylation is 2. The van der Waals surface area contributed by atoms with Crippen molar-refractivity contribution in [3.05, 3.63) is 29.6 Å². The van der Waals surface area contributed by atoms with Gasteiger partial charge in [-0.3, -0.25) is 0 Å². The summed E-state index contributed by atoms with van der Waals surface area (Å²) in [6, 6.07) is 6.39. The number of halogens is 1. The standard InChI is InChI=1S/C16H21ClN2/c1-11-5-3-7-14-15(11)18-16(12(2)17)19(14)10-4-6-13-8-9-13/h3,5,7,12-13H,4,6,8-10H2,1-2H3. The zero-order valence-electron chi connectivity index (χ0n) is 11.7. The maximum absolute atomic E-state index is 6.30. The predicted octanol–water partition coefficient (Wildman–Crippen LogP) is 4.83. The van der Waals surface area contributed by atoms with E-state index in [-0.39, 0.29) is 5.38 Å². The van der Waals surface area contributed by atoms with E-state index < -0.39 is 0 Å². The van der Waals surface area contributed by atoms with Gasteiger partial charge in [0.2, 0.25) is 0 Å². The van der Waals surface area contributed by atoms with Crippen LogP contribution in [0, 0.1) is 12.8 Å². The number of benzene rings is 1. The van der Waals surface area contributed by atoms with E-state index in [9.17, 15) is 0 Å². The third kappa shape index (κ3) is 2.64. The highest BCUT2D eigenvalue weighted by Gasteiger charge is 2.21. The molecule has 1 aromatic carbocycles. The van der Waals surface area contributed by atoms with Crippen molar-refractivity contribution in [1.82, 2.24) is 9.55 Å². The molecule has 3 rings (SSSR count). The number of nitrogens with zero attached hydrogens (tertiary/aromatic N) is 2. The molecule has 2 nitrogen and oxygen atoms in total. The van der Waals surface area contributed by atoms with Crippen molar-refractivity contribution in [2.75, 3.05) is 0 Å². The smallest absolute Gasteiger partial charge is 0.127 e. The molecular formula is C16H21ClN2. The van der Waals surface area contributed by atoms with E-state index in [1.165, 1.54) is 36.8 Å². The van der Waals surface area contributed by atoms with Crippen LogP contribution >= 0.6 is 11.6 Å². The van der Waals surface area contributed by atoms with Gasteiger partial charge in [0.25, 0.3) is 0 Å². The summed E-state index contributed by atoms with van der Waals surface area (Å²) in [5, 5.41) is -0.0345. The molecular weight excluding hydrogens is 256 g/mol. The molecule has 0 saturated heterocycles. The normalized spacial score (nSPS) is 17.0. The number of rotatable bonds is 5. The van der Waals surface area contributed by atoms with Crippen molar-refractivity contribution in [1.29, 1.82) is 0 Å². The summed E-state index contributed by atoms with van der Waals surface area (Å²) in [4.78, 5) is 4.76. The zero-order chi connectivity index (χ0) is 13.4. The molecule has 0 bridgehead atoms. The van der Waals surface area contributed by atoms with E-state index in [0.717, 1.165) is 23.8 Å². The summed E-state index contributed by atoms with van der Waals surface area (Å²) >= 11 is 6.30. The van der Waals surface area contributed by atoms with Gasteiger partial charge in [-0.1, -0.05) is 25.0 Å². The van der Waals surface area contributed by atoms with E-state index in [0.29, 0.717) is 0 Å². The van der Waals surface area contributed by atoms with Gasteiger partial charge in [-0.05, 0) is 44.2 Å². The van der Waals surface area contributed by atoms with Gasteiger partial charge >= 0.3 is 0 Å². The minimum absolute atomic E-state index is 0.0345. The van der Waals surface area contributed by atoms with Crippen LogP contribution < -0.4 is 0 Å². The average molecular weight is 277 g/mol. The monoisotopic (exact) mass is 276 g/mol. The third-order valence-corrected chi connectivity index (χ3v) is 4.25. The first-order chi connectivity index (χ1) is 9.16. The molecule has 1 aromatic heterocycles. The Morgan fingerprint density at radius 2 is 2.21 bits per heavy atom. The van der Waals surface area contributed by atoms with Crippen molar-refractivity contribution < 1.29 is 0 Å². The van der Waals surface area contributed by atoms with Gasteiger partial charge in [-0.15, -0.1) is 11.6 Å². The Morgan fingerprint density at radius 1 is 1.42 bits per heavy atom. The van der Waals surface area contributed by atoms with Crippen LogP contribution in [0.4, 0.5) is 0 Å². The molecule has 1 unspecified atom stereocenters. The molecule has 0 spiro atoms. The number of imidazole rings is 1. The first-order valence-electron chi connectivity index (χ1n) is 7.26. The lowest BCUT2D eigenvalue weighted by Gasteiger charge is -2.10. The fraction of sp³-hybridized carbons (Fsp3) is 0.562. The summed E-state index contributed by atoms with van der Waals surface area (Å²) in [5.41, 5.74) is 3.58. The van der Waals surface area contributed by atoms with E-state index in [4.69, 9.17) is 16.6 Å². The summed E-state index contributed by atoms with van der Waals surface area (Å²) in [7, 11) is 0. The van der Waals surface area contributed by atoms with Gasteiger partial charge in [0.1, 0.15) is 5.82 Å². The van der Waals surface area contributed by atoms with E-state index in [2.05, 4.69) is 29.7 Å². The van der Waals surface area contributed by atoms with Crippen LogP contribution in [0.25, 0.3) is 11.0 Å². The molecule has 19 heavy (non-hydrogen) atoms. The molecule has 3 heteroatoms. The van der Waals surface area contributed by atoms with Crippen LogP contribution in [0.1, 0.15) is 49.4 Å². The van der Waals surface area contributed by atoms with Crippen LogP contribution in [0.3, 0.4) is 0 Å². The van der Waals surface area contributed by atoms with Crippen molar-refractivity contribution in [3.8, 4) is 0 Å². The molecule has 0 aliphatic heterocycles. The Bertz CT molecular complexity index is 582. The van der Waals surface area contributed by atoms with Gasteiger partial charge in [0.05, 0.1) is 16.4 Å². The molecule has 1 atom stereocenters. The Kier molecular flexibility index (Phi) is 3.53. The van der Waals surface area contributed by atoms with E-state index >= 15 is 0 Å². The summed E-state index contributed by atoms with van der Waals surface area (Å²) < 4.78 is 2.32. The number of aromatic nitrogens is 2. The second kappa shape index (κ2) is 5.16. The van der Waals surface area contributed by atoms with Gasteiger partial charge in [-0.25, -0.2) is 4.98 Å². The van der Waals surface area contributed by atoms with E-state index in [1.54, 1.807) is 0 Å². The molecule has 1 saturated carbocycles.